The minimum atomic E-state index is 0.456. The van der Waals surface area contributed by atoms with Crippen LogP contribution < -0.4 is 10.6 Å². The zero-order valence-corrected chi connectivity index (χ0v) is 18.1. The van der Waals surface area contributed by atoms with E-state index in [1.54, 1.807) is 17.6 Å². The van der Waals surface area contributed by atoms with Crippen LogP contribution in [0.1, 0.15) is 31.2 Å². The average molecular weight is 428 g/mol. The highest BCUT2D eigenvalue weighted by Gasteiger charge is 2.20. The van der Waals surface area contributed by atoms with Crippen molar-refractivity contribution in [2.75, 3.05) is 26.2 Å². The third-order valence-corrected chi connectivity index (χ3v) is 5.88. The minimum absolute atomic E-state index is 0.456. The minimum Gasteiger partial charge on any atom is -0.461 e. The van der Waals surface area contributed by atoms with Gasteiger partial charge in [0.15, 0.2) is 11.7 Å². The number of aromatic nitrogens is 3. The van der Waals surface area contributed by atoms with Gasteiger partial charge < -0.3 is 15.1 Å². The monoisotopic (exact) mass is 427 g/mol. The molecule has 0 saturated carbocycles. The number of thiophene rings is 1. The zero-order valence-electron chi connectivity index (χ0n) is 17.3. The molecular weight excluding hydrogens is 398 g/mol. The predicted octanol–water partition coefficient (Wildman–Crippen LogP) is 2.89. The van der Waals surface area contributed by atoms with E-state index in [9.17, 15) is 0 Å². The largest absolute Gasteiger partial charge is 0.461 e. The molecule has 3 aromatic heterocycles. The highest BCUT2D eigenvalue weighted by atomic mass is 32.1. The van der Waals surface area contributed by atoms with Gasteiger partial charge in [0.05, 0.1) is 6.26 Å². The first-order chi connectivity index (χ1) is 14.8. The number of hydrogen-bond donors (Lipinski definition) is 3. The SMILES string of the molecule is CCNC(=NCCc1nc(-c2ccco2)n[nH]1)NC1CCN(Cc2ccsc2)CC1. The van der Waals surface area contributed by atoms with Gasteiger partial charge >= 0.3 is 0 Å². The van der Waals surface area contributed by atoms with Crippen LogP contribution in [0.5, 0.6) is 0 Å². The Morgan fingerprint density at radius 2 is 2.27 bits per heavy atom. The topological polar surface area (TPSA) is 94.4 Å². The van der Waals surface area contributed by atoms with Crippen molar-refractivity contribution in [1.82, 2.24) is 30.7 Å². The fraction of sp³-hybridized carbons (Fsp3) is 0.476. The van der Waals surface area contributed by atoms with Crippen LogP contribution in [-0.2, 0) is 13.0 Å². The van der Waals surface area contributed by atoms with E-state index in [1.165, 1.54) is 5.56 Å². The molecule has 1 aliphatic heterocycles. The number of rotatable bonds is 8. The van der Waals surface area contributed by atoms with Crippen LogP contribution in [0.2, 0.25) is 0 Å². The standard InChI is InChI=1S/C21H29N7OS/c1-2-22-21(23-9-5-19-25-20(27-26-19)18-4-3-12-29-18)24-17-6-10-28(11-7-17)14-16-8-13-30-15-16/h3-4,8,12-13,15,17H,2,5-7,9-11,14H2,1H3,(H2,22,23,24)(H,25,26,27). The number of furan rings is 1. The number of aromatic amines is 1. The van der Waals surface area contributed by atoms with Gasteiger partial charge in [0, 0.05) is 45.2 Å². The van der Waals surface area contributed by atoms with E-state index in [0.29, 0.717) is 30.6 Å². The molecule has 0 radical (unpaired) electrons. The lowest BCUT2D eigenvalue weighted by atomic mass is 10.0. The number of piperidine rings is 1. The van der Waals surface area contributed by atoms with Crippen LogP contribution in [0.25, 0.3) is 11.6 Å². The van der Waals surface area contributed by atoms with Crippen molar-refractivity contribution < 1.29 is 4.42 Å². The Hall–Kier alpha value is -2.65. The summed E-state index contributed by atoms with van der Waals surface area (Å²) in [4.78, 5) is 11.7. The molecule has 0 atom stereocenters. The van der Waals surface area contributed by atoms with E-state index in [-0.39, 0.29) is 0 Å². The summed E-state index contributed by atoms with van der Waals surface area (Å²) < 4.78 is 5.33. The Morgan fingerprint density at radius 1 is 1.37 bits per heavy atom. The lowest BCUT2D eigenvalue weighted by Gasteiger charge is -2.33. The maximum absolute atomic E-state index is 5.33. The third kappa shape index (κ3) is 5.70. The summed E-state index contributed by atoms with van der Waals surface area (Å²) in [5.41, 5.74) is 1.42. The second kappa shape index (κ2) is 10.4. The molecule has 4 rings (SSSR count). The molecule has 0 aromatic carbocycles. The van der Waals surface area contributed by atoms with E-state index < -0.39 is 0 Å². The summed E-state index contributed by atoms with van der Waals surface area (Å²) in [6, 6.07) is 6.36. The van der Waals surface area contributed by atoms with E-state index in [4.69, 9.17) is 9.41 Å². The fourth-order valence-electron chi connectivity index (χ4n) is 3.59. The molecule has 3 aromatic rings. The van der Waals surface area contributed by atoms with Gasteiger partial charge in [-0.25, -0.2) is 4.98 Å². The zero-order chi connectivity index (χ0) is 20.6. The fourth-order valence-corrected chi connectivity index (χ4v) is 4.25. The lowest BCUT2D eigenvalue weighted by molar-refractivity contribution is 0.198. The smallest absolute Gasteiger partial charge is 0.216 e. The summed E-state index contributed by atoms with van der Waals surface area (Å²) >= 11 is 1.77. The van der Waals surface area contributed by atoms with Gasteiger partial charge in [0.2, 0.25) is 5.82 Å². The molecular formula is C21H29N7OS. The first-order valence-corrected chi connectivity index (χ1v) is 11.5. The van der Waals surface area contributed by atoms with Gasteiger partial charge in [-0.2, -0.15) is 16.4 Å². The van der Waals surface area contributed by atoms with Crippen molar-refractivity contribution in [2.24, 2.45) is 4.99 Å². The maximum Gasteiger partial charge on any atom is 0.216 e. The van der Waals surface area contributed by atoms with Gasteiger partial charge in [-0.05, 0) is 54.3 Å². The Morgan fingerprint density at radius 3 is 3.00 bits per heavy atom. The van der Waals surface area contributed by atoms with E-state index in [1.807, 2.05) is 12.1 Å². The number of aliphatic imine (C=N–C) groups is 1. The second-order valence-electron chi connectivity index (χ2n) is 7.42. The summed E-state index contributed by atoms with van der Waals surface area (Å²) in [6.45, 7) is 6.85. The van der Waals surface area contributed by atoms with Crippen LogP contribution in [0, 0.1) is 0 Å². The molecule has 9 heteroatoms. The van der Waals surface area contributed by atoms with E-state index in [0.717, 1.165) is 50.8 Å². The van der Waals surface area contributed by atoms with Gasteiger partial charge in [0.1, 0.15) is 5.82 Å². The summed E-state index contributed by atoms with van der Waals surface area (Å²) in [6.07, 6.45) is 4.58. The summed E-state index contributed by atoms with van der Waals surface area (Å²) in [5, 5.41) is 18.5. The number of nitrogens with zero attached hydrogens (tertiary/aromatic N) is 4. The summed E-state index contributed by atoms with van der Waals surface area (Å²) in [7, 11) is 0. The van der Waals surface area contributed by atoms with Gasteiger partial charge in [-0.3, -0.25) is 15.0 Å². The lowest BCUT2D eigenvalue weighted by Crippen LogP contribution is -2.48. The van der Waals surface area contributed by atoms with Crippen molar-refractivity contribution in [3.8, 4) is 11.6 Å². The number of hydrogen-bond acceptors (Lipinski definition) is 6. The number of H-pyrrole nitrogens is 1. The van der Waals surface area contributed by atoms with Crippen LogP contribution in [-0.4, -0.2) is 58.3 Å². The van der Waals surface area contributed by atoms with Crippen molar-refractivity contribution in [3.05, 3.63) is 46.6 Å². The molecule has 1 fully saturated rings. The molecule has 30 heavy (non-hydrogen) atoms. The highest BCUT2D eigenvalue weighted by molar-refractivity contribution is 7.07. The molecule has 0 aliphatic carbocycles. The van der Waals surface area contributed by atoms with Crippen molar-refractivity contribution in [1.29, 1.82) is 0 Å². The first kappa shape index (κ1) is 20.6. The molecule has 0 bridgehead atoms. The Balaban J connectivity index is 1.24. The molecule has 8 nitrogen and oxygen atoms in total. The molecule has 1 aliphatic rings. The molecule has 4 heterocycles. The molecule has 1 saturated heterocycles. The molecule has 3 N–H and O–H groups in total. The number of likely N-dealkylation sites (tertiary alicyclic amines) is 1. The second-order valence-corrected chi connectivity index (χ2v) is 8.20. The van der Waals surface area contributed by atoms with Gasteiger partial charge in [-0.1, -0.05) is 0 Å². The predicted molar refractivity (Wildman–Crippen MR) is 120 cm³/mol. The molecule has 160 valence electrons. The van der Waals surface area contributed by atoms with Crippen LogP contribution >= 0.6 is 11.3 Å². The molecule has 0 unspecified atom stereocenters. The van der Waals surface area contributed by atoms with Gasteiger partial charge in [0.25, 0.3) is 0 Å². The number of nitrogens with one attached hydrogen (secondary N) is 3. The van der Waals surface area contributed by atoms with Gasteiger partial charge in [-0.15, -0.1) is 0 Å². The van der Waals surface area contributed by atoms with E-state index >= 15 is 0 Å². The van der Waals surface area contributed by atoms with Crippen LogP contribution in [0.3, 0.4) is 0 Å². The third-order valence-electron chi connectivity index (χ3n) is 5.15. The van der Waals surface area contributed by atoms with Crippen molar-refractivity contribution in [3.63, 3.8) is 0 Å². The summed E-state index contributed by atoms with van der Waals surface area (Å²) in [5.74, 6) is 2.93. The van der Waals surface area contributed by atoms with E-state index in [2.05, 4.69) is 54.5 Å². The van der Waals surface area contributed by atoms with Crippen molar-refractivity contribution in [2.45, 2.75) is 38.8 Å². The molecule has 0 amide bonds. The highest BCUT2D eigenvalue weighted by Crippen LogP contribution is 2.16. The van der Waals surface area contributed by atoms with Crippen molar-refractivity contribution >= 4 is 17.3 Å². The Labute approximate surface area is 180 Å². The Kier molecular flexibility index (Phi) is 7.15. The quantitative estimate of drug-likeness (QED) is 0.378. The first-order valence-electron chi connectivity index (χ1n) is 10.5. The maximum atomic E-state index is 5.33. The molecule has 0 spiro atoms. The Bertz CT molecular complexity index is 896. The number of guanidine groups is 1. The normalized spacial score (nSPS) is 16.1. The average Bonchev–Trinajstić information content (AvgIpc) is 3.52. The van der Waals surface area contributed by atoms with Crippen LogP contribution in [0.4, 0.5) is 0 Å². The van der Waals surface area contributed by atoms with Crippen LogP contribution in [0.15, 0.2) is 44.6 Å².